The number of pyridine rings is 2. The predicted molar refractivity (Wildman–Crippen MR) is 125 cm³/mol. The van der Waals surface area contributed by atoms with Crippen molar-refractivity contribution in [1.29, 1.82) is 0 Å². The SMILES string of the molecule is CN=C(c1ccc(-c2c(O)[n+](Cc3ccc(Cl)nc3)c3ccccn3c2=O)cc1)N(C)C. The van der Waals surface area contributed by atoms with E-state index in [4.69, 9.17) is 11.6 Å². The molecule has 0 saturated heterocycles. The van der Waals surface area contributed by atoms with Crippen molar-refractivity contribution in [2.75, 3.05) is 21.1 Å². The summed E-state index contributed by atoms with van der Waals surface area (Å²) in [6, 6.07) is 16.4. The van der Waals surface area contributed by atoms with Crippen LogP contribution in [0.5, 0.6) is 5.88 Å². The van der Waals surface area contributed by atoms with Gasteiger partial charge in [-0.2, -0.15) is 8.97 Å². The maximum absolute atomic E-state index is 13.3. The van der Waals surface area contributed by atoms with Gasteiger partial charge in [0, 0.05) is 44.5 Å². The Bertz CT molecular complexity index is 1360. The van der Waals surface area contributed by atoms with Gasteiger partial charge in [0.1, 0.15) is 17.5 Å². The summed E-state index contributed by atoms with van der Waals surface area (Å²) >= 11 is 5.91. The molecule has 32 heavy (non-hydrogen) atoms. The minimum Gasteiger partial charge on any atom is -0.477 e. The standard InChI is InChI=1S/C24H22ClN5O2/c1-26-22(28(2)3)18-10-8-17(9-11-18)21-23(31)29-13-5-4-6-20(29)30(24(21)32)15-16-7-12-19(25)27-14-16/h4-14H,15H2,1-3H3/p+1. The van der Waals surface area contributed by atoms with E-state index in [9.17, 15) is 9.90 Å². The van der Waals surface area contributed by atoms with Crippen LogP contribution in [0.15, 0.2) is 76.8 Å². The van der Waals surface area contributed by atoms with Gasteiger partial charge in [0.2, 0.25) is 0 Å². The zero-order chi connectivity index (χ0) is 22.8. The van der Waals surface area contributed by atoms with Crippen LogP contribution < -0.4 is 10.1 Å². The molecule has 0 aliphatic carbocycles. The molecule has 0 radical (unpaired) electrons. The Morgan fingerprint density at radius 2 is 1.91 bits per heavy atom. The molecule has 0 spiro atoms. The van der Waals surface area contributed by atoms with E-state index in [1.807, 2.05) is 55.4 Å². The molecule has 0 unspecified atom stereocenters. The zero-order valence-corrected chi connectivity index (χ0v) is 18.8. The molecule has 0 atom stereocenters. The van der Waals surface area contributed by atoms with Crippen LogP contribution in [0.1, 0.15) is 11.1 Å². The van der Waals surface area contributed by atoms with Crippen LogP contribution in [0.3, 0.4) is 0 Å². The summed E-state index contributed by atoms with van der Waals surface area (Å²) in [5, 5.41) is 11.6. The maximum atomic E-state index is 13.3. The second-order valence-electron chi connectivity index (χ2n) is 7.53. The van der Waals surface area contributed by atoms with Gasteiger partial charge in [-0.3, -0.25) is 4.99 Å². The molecule has 3 aromatic heterocycles. The van der Waals surface area contributed by atoms with E-state index in [2.05, 4.69) is 9.98 Å². The van der Waals surface area contributed by atoms with Crippen molar-refractivity contribution < 1.29 is 9.67 Å². The number of hydrogen-bond donors (Lipinski definition) is 1. The highest BCUT2D eigenvalue weighted by Crippen LogP contribution is 2.24. The third-order valence-electron chi connectivity index (χ3n) is 5.22. The second-order valence-corrected chi connectivity index (χ2v) is 7.91. The van der Waals surface area contributed by atoms with Gasteiger partial charge in [-0.25, -0.2) is 9.78 Å². The molecule has 8 heteroatoms. The van der Waals surface area contributed by atoms with E-state index in [1.165, 1.54) is 4.40 Å². The molecular formula is C24H23ClN5O2+. The normalized spacial score (nSPS) is 11.7. The lowest BCUT2D eigenvalue weighted by molar-refractivity contribution is -0.671. The molecule has 0 saturated carbocycles. The molecule has 4 rings (SSSR count). The molecule has 0 amide bonds. The van der Waals surface area contributed by atoms with E-state index in [1.54, 1.807) is 42.2 Å². The van der Waals surface area contributed by atoms with Crippen molar-refractivity contribution in [3.8, 4) is 17.0 Å². The summed E-state index contributed by atoms with van der Waals surface area (Å²) in [5.74, 6) is 0.710. The number of halogens is 1. The smallest absolute Gasteiger partial charge is 0.354 e. The lowest BCUT2D eigenvalue weighted by Crippen LogP contribution is -2.41. The summed E-state index contributed by atoms with van der Waals surface area (Å²) in [7, 11) is 5.58. The Hall–Kier alpha value is -3.71. The van der Waals surface area contributed by atoms with Gasteiger partial charge in [0.25, 0.3) is 11.5 Å². The average Bonchev–Trinajstić information content (AvgIpc) is 2.79. The van der Waals surface area contributed by atoms with Crippen molar-refractivity contribution in [2.45, 2.75) is 6.54 Å². The van der Waals surface area contributed by atoms with Crippen LogP contribution in [-0.2, 0) is 6.54 Å². The van der Waals surface area contributed by atoms with Crippen molar-refractivity contribution in [1.82, 2.24) is 14.3 Å². The number of hydrogen-bond acceptors (Lipinski definition) is 4. The molecule has 7 nitrogen and oxygen atoms in total. The fraction of sp³-hybridized carbons (Fsp3) is 0.167. The Labute approximate surface area is 190 Å². The first kappa shape index (κ1) is 21.5. The van der Waals surface area contributed by atoms with Gasteiger partial charge in [-0.1, -0.05) is 48.0 Å². The molecule has 1 N–H and O–H groups in total. The van der Waals surface area contributed by atoms with Gasteiger partial charge in [0.15, 0.2) is 5.56 Å². The molecule has 3 heterocycles. The Balaban J connectivity index is 1.88. The average molecular weight is 449 g/mol. The number of rotatable bonds is 4. The number of fused-ring (bicyclic) bond motifs is 1. The summed E-state index contributed by atoms with van der Waals surface area (Å²) < 4.78 is 3.22. The molecule has 1 aromatic carbocycles. The number of benzene rings is 1. The monoisotopic (exact) mass is 448 g/mol. The first-order valence-corrected chi connectivity index (χ1v) is 10.4. The maximum Gasteiger partial charge on any atom is 0.354 e. The Morgan fingerprint density at radius 1 is 1.16 bits per heavy atom. The second kappa shape index (κ2) is 8.80. The highest BCUT2D eigenvalue weighted by atomic mass is 35.5. The van der Waals surface area contributed by atoms with E-state index < -0.39 is 0 Å². The zero-order valence-electron chi connectivity index (χ0n) is 18.0. The first-order valence-electron chi connectivity index (χ1n) is 10.0. The highest BCUT2D eigenvalue weighted by molar-refractivity contribution is 6.29. The van der Waals surface area contributed by atoms with Crippen LogP contribution in [0.2, 0.25) is 5.15 Å². The fourth-order valence-electron chi connectivity index (χ4n) is 3.75. The molecule has 0 fully saturated rings. The Kier molecular flexibility index (Phi) is 5.92. The third kappa shape index (κ3) is 3.94. The molecular weight excluding hydrogens is 426 g/mol. The predicted octanol–water partition coefficient (Wildman–Crippen LogP) is 2.99. The van der Waals surface area contributed by atoms with Crippen LogP contribution in [0.25, 0.3) is 16.8 Å². The minimum absolute atomic E-state index is 0.110. The van der Waals surface area contributed by atoms with Gasteiger partial charge < -0.3 is 10.0 Å². The number of amidine groups is 1. The summed E-state index contributed by atoms with van der Waals surface area (Å²) in [4.78, 5) is 23.7. The summed E-state index contributed by atoms with van der Waals surface area (Å²) in [6.45, 7) is 0.322. The van der Waals surface area contributed by atoms with Crippen molar-refractivity contribution in [3.05, 3.63) is 93.6 Å². The third-order valence-corrected chi connectivity index (χ3v) is 5.45. The topological polar surface area (TPSA) is 74.1 Å². The number of aromatic hydroxyl groups is 1. The van der Waals surface area contributed by atoms with Gasteiger partial charge in [0.05, 0.1) is 6.20 Å². The van der Waals surface area contributed by atoms with Crippen LogP contribution in [0, 0.1) is 0 Å². The molecule has 162 valence electrons. The van der Waals surface area contributed by atoms with Crippen molar-refractivity contribution >= 4 is 23.1 Å². The van der Waals surface area contributed by atoms with Crippen molar-refractivity contribution in [3.63, 3.8) is 0 Å². The molecule has 0 bridgehead atoms. The number of nitrogens with zero attached hydrogens (tertiary/aromatic N) is 5. The largest absolute Gasteiger partial charge is 0.477 e. The Morgan fingerprint density at radius 3 is 2.53 bits per heavy atom. The fourth-order valence-corrected chi connectivity index (χ4v) is 3.86. The summed E-state index contributed by atoms with van der Waals surface area (Å²) in [5.41, 5.74) is 2.87. The minimum atomic E-state index is -0.298. The molecule has 4 aromatic rings. The quantitative estimate of drug-likeness (QED) is 0.225. The van der Waals surface area contributed by atoms with Gasteiger partial charge in [-0.05, 0) is 17.7 Å². The van der Waals surface area contributed by atoms with E-state index in [-0.39, 0.29) is 17.0 Å². The van der Waals surface area contributed by atoms with Crippen LogP contribution in [-0.4, -0.2) is 46.4 Å². The number of aromatic nitrogens is 3. The van der Waals surface area contributed by atoms with E-state index in [0.717, 1.165) is 17.0 Å². The van der Waals surface area contributed by atoms with Crippen LogP contribution in [0.4, 0.5) is 0 Å². The molecule has 0 aliphatic heterocycles. The lowest BCUT2D eigenvalue weighted by Gasteiger charge is -2.15. The van der Waals surface area contributed by atoms with Crippen molar-refractivity contribution in [2.24, 2.45) is 4.99 Å². The van der Waals surface area contributed by atoms with Crippen LogP contribution >= 0.6 is 11.6 Å². The first-order chi connectivity index (χ1) is 15.4. The van der Waals surface area contributed by atoms with E-state index >= 15 is 0 Å². The lowest BCUT2D eigenvalue weighted by atomic mass is 10.0. The van der Waals surface area contributed by atoms with Gasteiger partial charge >= 0.3 is 5.56 Å². The van der Waals surface area contributed by atoms with Gasteiger partial charge in [-0.15, -0.1) is 0 Å². The highest BCUT2D eigenvalue weighted by Gasteiger charge is 2.25. The number of aliphatic imine (C=N–C) groups is 1. The summed E-state index contributed by atoms with van der Waals surface area (Å²) in [6.07, 6.45) is 3.35. The molecule has 0 aliphatic rings. The van der Waals surface area contributed by atoms with E-state index in [0.29, 0.717) is 22.9 Å².